The van der Waals surface area contributed by atoms with Gasteiger partial charge in [-0.1, -0.05) is 11.0 Å². The number of methoxy groups -OCH3 is 1. The Hall–Kier alpha value is -1.48. The van der Waals surface area contributed by atoms with Crippen molar-refractivity contribution in [3.05, 3.63) is 29.3 Å². The van der Waals surface area contributed by atoms with Crippen LogP contribution in [0.25, 0.3) is 0 Å². The summed E-state index contributed by atoms with van der Waals surface area (Å²) in [5, 5.41) is 8.68. The summed E-state index contributed by atoms with van der Waals surface area (Å²) in [6.07, 6.45) is 0. The van der Waals surface area contributed by atoms with Crippen molar-refractivity contribution in [1.82, 2.24) is 9.79 Å². The molecule has 0 aliphatic carbocycles. The second-order valence-electron chi connectivity index (χ2n) is 4.29. The van der Waals surface area contributed by atoms with Crippen LogP contribution < -0.4 is 4.89 Å². The van der Waals surface area contributed by atoms with Gasteiger partial charge in [-0.2, -0.15) is 0 Å². The molecule has 7 nitrogen and oxygen atoms in total. The number of sulfonamides is 1. The molecule has 0 aromatic heterocycles. The number of carbonyl (C=O) groups is 1. The topological polar surface area (TPSA) is 95.9 Å². The van der Waals surface area contributed by atoms with E-state index in [0.717, 1.165) is 0 Å². The van der Waals surface area contributed by atoms with Gasteiger partial charge in [0.15, 0.2) is 0 Å². The van der Waals surface area contributed by atoms with Crippen molar-refractivity contribution in [1.29, 1.82) is 0 Å². The third-order valence-electron chi connectivity index (χ3n) is 2.82. The van der Waals surface area contributed by atoms with E-state index in [1.54, 1.807) is 14.0 Å². The van der Waals surface area contributed by atoms with Crippen LogP contribution in [0.2, 0.25) is 0 Å². The van der Waals surface area contributed by atoms with E-state index in [4.69, 9.17) is 9.94 Å². The predicted octanol–water partition coefficient (Wildman–Crippen LogP) is 0.381. The molecule has 8 heteroatoms. The number of hydrogen-bond acceptors (Lipinski definition) is 5. The second-order valence-corrected chi connectivity index (χ2v) is 5.92. The molecule has 0 spiro atoms. The standard InChI is InChI=1S/C12H18N2O5S/c1-9-4-5-10(8-11(9)20(17,18)13-16)12(15)14(2)6-7-19-3/h4-5,8,13,16H,6-7H2,1-3H3. The van der Waals surface area contributed by atoms with E-state index in [2.05, 4.69) is 0 Å². The maximum Gasteiger partial charge on any atom is 0.262 e. The summed E-state index contributed by atoms with van der Waals surface area (Å²) in [6.45, 7) is 2.36. The molecule has 0 unspecified atom stereocenters. The van der Waals surface area contributed by atoms with Crippen molar-refractivity contribution in [3.8, 4) is 0 Å². The summed E-state index contributed by atoms with van der Waals surface area (Å²) in [7, 11) is -0.891. The molecule has 0 radical (unpaired) electrons. The van der Waals surface area contributed by atoms with Crippen molar-refractivity contribution in [3.63, 3.8) is 0 Å². The number of likely N-dealkylation sites (N-methyl/N-ethyl adjacent to an activating group) is 1. The third kappa shape index (κ3) is 3.76. The molecular formula is C12H18N2O5S. The number of aryl methyl sites for hydroxylation is 1. The number of rotatable bonds is 6. The highest BCUT2D eigenvalue weighted by atomic mass is 32.2. The fraction of sp³-hybridized carbons (Fsp3) is 0.417. The van der Waals surface area contributed by atoms with E-state index in [1.807, 2.05) is 0 Å². The van der Waals surface area contributed by atoms with Crippen LogP contribution in [0.15, 0.2) is 23.1 Å². The first kappa shape index (κ1) is 16.6. The molecule has 0 atom stereocenters. The minimum absolute atomic E-state index is 0.133. The van der Waals surface area contributed by atoms with Crippen LogP contribution >= 0.6 is 0 Å². The van der Waals surface area contributed by atoms with Gasteiger partial charge in [0.2, 0.25) is 0 Å². The first-order valence-electron chi connectivity index (χ1n) is 5.84. The average molecular weight is 302 g/mol. The second kappa shape index (κ2) is 6.80. The summed E-state index contributed by atoms with van der Waals surface area (Å²) in [6, 6.07) is 4.29. The first-order chi connectivity index (χ1) is 9.33. The number of nitrogens with zero attached hydrogens (tertiary/aromatic N) is 1. The zero-order valence-corrected chi connectivity index (χ0v) is 12.4. The molecule has 1 rings (SSSR count). The number of carbonyl (C=O) groups excluding carboxylic acids is 1. The van der Waals surface area contributed by atoms with Crippen LogP contribution in [0, 0.1) is 6.92 Å². The van der Waals surface area contributed by atoms with E-state index in [1.165, 1.54) is 35.1 Å². The Morgan fingerprint density at radius 3 is 2.65 bits per heavy atom. The van der Waals surface area contributed by atoms with Gasteiger partial charge in [-0.05, 0) is 24.6 Å². The van der Waals surface area contributed by atoms with E-state index < -0.39 is 10.0 Å². The average Bonchev–Trinajstić information content (AvgIpc) is 2.44. The minimum Gasteiger partial charge on any atom is -0.383 e. The first-order valence-corrected chi connectivity index (χ1v) is 7.32. The number of ether oxygens (including phenoxy) is 1. The van der Waals surface area contributed by atoms with Crippen molar-refractivity contribution in [2.45, 2.75) is 11.8 Å². The van der Waals surface area contributed by atoms with E-state index in [-0.39, 0.29) is 16.4 Å². The van der Waals surface area contributed by atoms with Gasteiger partial charge in [0.05, 0.1) is 11.5 Å². The number of benzene rings is 1. The van der Waals surface area contributed by atoms with Gasteiger partial charge >= 0.3 is 0 Å². The van der Waals surface area contributed by atoms with Gasteiger partial charge < -0.3 is 14.8 Å². The fourth-order valence-corrected chi connectivity index (χ4v) is 2.49. The molecule has 0 aliphatic rings. The Balaban J connectivity index is 3.10. The summed E-state index contributed by atoms with van der Waals surface area (Å²) in [5.74, 6) is -0.323. The molecule has 1 amide bonds. The maximum atomic E-state index is 12.1. The third-order valence-corrected chi connectivity index (χ3v) is 4.08. The quantitative estimate of drug-likeness (QED) is 0.741. The van der Waals surface area contributed by atoms with Crippen molar-refractivity contribution in [2.24, 2.45) is 0 Å². The van der Waals surface area contributed by atoms with Crippen LogP contribution in [0.4, 0.5) is 0 Å². The zero-order chi connectivity index (χ0) is 15.3. The fourth-order valence-electron chi connectivity index (χ4n) is 1.62. The molecule has 0 aliphatic heterocycles. The van der Waals surface area contributed by atoms with Crippen LogP contribution in [-0.2, 0) is 14.8 Å². The van der Waals surface area contributed by atoms with E-state index in [9.17, 15) is 13.2 Å². The van der Waals surface area contributed by atoms with Gasteiger partial charge in [-0.25, -0.2) is 8.42 Å². The van der Waals surface area contributed by atoms with Crippen LogP contribution in [0.5, 0.6) is 0 Å². The molecule has 1 aromatic rings. The molecule has 2 N–H and O–H groups in total. The van der Waals surface area contributed by atoms with E-state index >= 15 is 0 Å². The van der Waals surface area contributed by atoms with Crippen molar-refractivity contribution >= 4 is 15.9 Å². The van der Waals surface area contributed by atoms with Gasteiger partial charge in [0.1, 0.15) is 0 Å². The summed E-state index contributed by atoms with van der Waals surface area (Å²) in [5.41, 5.74) is 0.658. The normalized spacial score (nSPS) is 11.4. The van der Waals surface area contributed by atoms with Gasteiger partial charge in [-0.15, -0.1) is 0 Å². The van der Waals surface area contributed by atoms with Gasteiger partial charge in [0.25, 0.3) is 15.9 Å². The molecule has 0 bridgehead atoms. The number of hydrogen-bond donors (Lipinski definition) is 2. The van der Waals surface area contributed by atoms with Gasteiger partial charge in [0, 0.05) is 26.3 Å². The summed E-state index contributed by atoms with van der Waals surface area (Å²) in [4.78, 5) is 14.7. The van der Waals surface area contributed by atoms with Gasteiger partial charge in [-0.3, -0.25) is 4.79 Å². The summed E-state index contributed by atoms with van der Waals surface area (Å²) < 4.78 is 28.1. The maximum absolute atomic E-state index is 12.1. The molecule has 20 heavy (non-hydrogen) atoms. The Kier molecular flexibility index (Phi) is 5.63. The lowest BCUT2D eigenvalue weighted by Crippen LogP contribution is -2.30. The lowest BCUT2D eigenvalue weighted by atomic mass is 10.1. The molecule has 0 saturated heterocycles. The highest BCUT2D eigenvalue weighted by Crippen LogP contribution is 2.17. The molecule has 112 valence electrons. The Labute approximate surface area is 118 Å². The van der Waals surface area contributed by atoms with Crippen molar-refractivity contribution < 1.29 is 23.2 Å². The Morgan fingerprint density at radius 1 is 1.45 bits per heavy atom. The van der Waals surface area contributed by atoms with Crippen LogP contribution in [0.1, 0.15) is 15.9 Å². The Morgan fingerprint density at radius 2 is 2.10 bits per heavy atom. The zero-order valence-electron chi connectivity index (χ0n) is 11.6. The largest absolute Gasteiger partial charge is 0.383 e. The molecule has 0 saturated carbocycles. The van der Waals surface area contributed by atoms with Crippen LogP contribution in [0.3, 0.4) is 0 Å². The number of amides is 1. The van der Waals surface area contributed by atoms with Crippen molar-refractivity contribution in [2.75, 3.05) is 27.3 Å². The Bertz CT molecular complexity index is 586. The monoisotopic (exact) mass is 302 g/mol. The highest BCUT2D eigenvalue weighted by molar-refractivity contribution is 7.89. The summed E-state index contributed by atoms with van der Waals surface area (Å²) >= 11 is 0. The minimum atomic E-state index is -4.02. The molecule has 0 fully saturated rings. The van der Waals surface area contributed by atoms with Crippen LogP contribution in [-0.4, -0.2) is 51.7 Å². The molecular weight excluding hydrogens is 284 g/mol. The predicted molar refractivity (Wildman–Crippen MR) is 72.1 cm³/mol. The smallest absolute Gasteiger partial charge is 0.262 e. The lowest BCUT2D eigenvalue weighted by molar-refractivity contribution is 0.0744. The lowest BCUT2D eigenvalue weighted by Gasteiger charge is -2.17. The molecule has 0 heterocycles. The van der Waals surface area contributed by atoms with E-state index in [0.29, 0.717) is 18.7 Å². The highest BCUT2D eigenvalue weighted by Gasteiger charge is 2.19. The SMILES string of the molecule is COCCN(C)C(=O)c1ccc(C)c(S(=O)(=O)NO)c1. The molecule has 1 aromatic carbocycles. The number of nitrogens with one attached hydrogen (secondary N) is 1.